The van der Waals surface area contributed by atoms with Crippen molar-refractivity contribution in [1.29, 1.82) is 0 Å². The van der Waals surface area contributed by atoms with E-state index in [0.29, 0.717) is 6.54 Å². The highest BCUT2D eigenvalue weighted by molar-refractivity contribution is 7.14. The predicted molar refractivity (Wildman–Crippen MR) is 71.7 cm³/mol. The molecule has 0 saturated carbocycles. The zero-order chi connectivity index (χ0) is 12.3. The van der Waals surface area contributed by atoms with Crippen molar-refractivity contribution in [3.63, 3.8) is 0 Å². The maximum Gasteiger partial charge on any atom is 0.202 e. The highest BCUT2D eigenvalue weighted by Gasteiger charge is 2.10. The van der Waals surface area contributed by atoms with E-state index in [-0.39, 0.29) is 5.78 Å². The van der Waals surface area contributed by atoms with Gasteiger partial charge < -0.3 is 5.73 Å². The maximum atomic E-state index is 12.1. The molecule has 2 aromatic rings. The summed E-state index contributed by atoms with van der Waals surface area (Å²) in [5, 5.41) is 0. The second-order valence-electron chi connectivity index (χ2n) is 3.98. The van der Waals surface area contributed by atoms with Crippen LogP contribution in [-0.2, 0) is 6.42 Å². The molecular formula is C14H15NOS. The van der Waals surface area contributed by atoms with Crippen LogP contribution in [-0.4, -0.2) is 12.3 Å². The summed E-state index contributed by atoms with van der Waals surface area (Å²) in [5.41, 5.74) is 7.40. The molecule has 3 heteroatoms. The molecule has 0 bridgehead atoms. The molecule has 0 fully saturated rings. The van der Waals surface area contributed by atoms with E-state index < -0.39 is 0 Å². The molecule has 1 aromatic carbocycles. The molecule has 0 aliphatic rings. The monoisotopic (exact) mass is 245 g/mol. The number of benzene rings is 1. The minimum absolute atomic E-state index is 0.0994. The molecule has 2 N–H and O–H groups in total. The van der Waals surface area contributed by atoms with Crippen LogP contribution < -0.4 is 5.73 Å². The Balaban J connectivity index is 2.20. The lowest BCUT2D eigenvalue weighted by molar-refractivity contribution is 0.104. The largest absolute Gasteiger partial charge is 0.330 e. The van der Waals surface area contributed by atoms with Gasteiger partial charge in [0.15, 0.2) is 0 Å². The lowest BCUT2D eigenvalue weighted by atomic mass is 10.1. The van der Waals surface area contributed by atoms with Gasteiger partial charge in [-0.15, -0.1) is 11.3 Å². The van der Waals surface area contributed by atoms with Gasteiger partial charge >= 0.3 is 0 Å². The zero-order valence-electron chi connectivity index (χ0n) is 9.77. The summed E-state index contributed by atoms with van der Waals surface area (Å²) in [5.74, 6) is 0.0994. The molecule has 0 spiro atoms. The number of aryl methyl sites for hydroxylation is 1. The van der Waals surface area contributed by atoms with Crippen LogP contribution in [0.2, 0.25) is 0 Å². The Morgan fingerprint density at radius 3 is 2.41 bits per heavy atom. The lowest BCUT2D eigenvalue weighted by Crippen LogP contribution is -2.03. The van der Waals surface area contributed by atoms with Gasteiger partial charge in [-0.2, -0.15) is 0 Å². The third-order valence-electron chi connectivity index (χ3n) is 2.61. The first-order valence-corrected chi connectivity index (χ1v) is 6.42. The number of rotatable bonds is 4. The minimum Gasteiger partial charge on any atom is -0.330 e. The van der Waals surface area contributed by atoms with Crippen molar-refractivity contribution in [2.75, 3.05) is 6.54 Å². The normalized spacial score (nSPS) is 10.5. The molecular weight excluding hydrogens is 230 g/mol. The lowest BCUT2D eigenvalue weighted by Gasteiger charge is -2.01. The SMILES string of the molecule is Cc1ccc(C(=O)c2ccc(CCN)cc2)s1. The topological polar surface area (TPSA) is 43.1 Å². The van der Waals surface area contributed by atoms with Crippen LogP contribution in [0.1, 0.15) is 25.7 Å². The van der Waals surface area contributed by atoms with Gasteiger partial charge in [-0.25, -0.2) is 0 Å². The van der Waals surface area contributed by atoms with Gasteiger partial charge in [-0.1, -0.05) is 24.3 Å². The first kappa shape index (κ1) is 12.0. The summed E-state index contributed by atoms with van der Waals surface area (Å²) < 4.78 is 0. The number of nitrogens with two attached hydrogens (primary N) is 1. The fraction of sp³-hybridized carbons (Fsp3) is 0.214. The number of hydrogen-bond acceptors (Lipinski definition) is 3. The van der Waals surface area contributed by atoms with Crippen LogP contribution in [0, 0.1) is 6.92 Å². The molecule has 0 radical (unpaired) electrons. The summed E-state index contributed by atoms with van der Waals surface area (Å²) in [6, 6.07) is 11.6. The quantitative estimate of drug-likeness (QED) is 0.842. The van der Waals surface area contributed by atoms with E-state index in [4.69, 9.17) is 5.73 Å². The average molecular weight is 245 g/mol. The fourth-order valence-electron chi connectivity index (χ4n) is 1.69. The maximum absolute atomic E-state index is 12.1. The average Bonchev–Trinajstić information content (AvgIpc) is 2.76. The van der Waals surface area contributed by atoms with Gasteiger partial charge in [0, 0.05) is 10.4 Å². The Bertz CT molecular complexity index is 513. The van der Waals surface area contributed by atoms with Gasteiger partial charge in [0.25, 0.3) is 0 Å². The van der Waals surface area contributed by atoms with Crippen LogP contribution >= 0.6 is 11.3 Å². The van der Waals surface area contributed by atoms with Crippen LogP contribution in [0.5, 0.6) is 0 Å². The van der Waals surface area contributed by atoms with Crippen molar-refractivity contribution < 1.29 is 4.79 Å². The van der Waals surface area contributed by atoms with Gasteiger partial charge in [0.1, 0.15) is 0 Å². The molecule has 1 aromatic heterocycles. The molecule has 2 rings (SSSR count). The number of hydrogen-bond donors (Lipinski definition) is 1. The standard InChI is InChI=1S/C14H15NOS/c1-10-2-7-13(17-10)14(16)12-5-3-11(4-6-12)8-9-15/h2-7H,8-9,15H2,1H3. The van der Waals surface area contributed by atoms with Gasteiger partial charge in [0.2, 0.25) is 5.78 Å². The molecule has 0 unspecified atom stereocenters. The number of ketones is 1. The van der Waals surface area contributed by atoms with E-state index in [0.717, 1.165) is 21.7 Å². The fourth-order valence-corrected chi connectivity index (χ4v) is 2.52. The molecule has 0 aliphatic heterocycles. The van der Waals surface area contributed by atoms with Crippen LogP contribution in [0.4, 0.5) is 0 Å². The number of thiophene rings is 1. The first-order chi connectivity index (χ1) is 8.20. The summed E-state index contributed by atoms with van der Waals surface area (Å²) in [4.78, 5) is 14.1. The van der Waals surface area contributed by atoms with Crippen molar-refractivity contribution in [3.05, 3.63) is 57.3 Å². The molecule has 1 heterocycles. The van der Waals surface area contributed by atoms with Crippen molar-refractivity contribution >= 4 is 17.1 Å². The van der Waals surface area contributed by atoms with E-state index in [1.807, 2.05) is 43.3 Å². The van der Waals surface area contributed by atoms with Crippen molar-refractivity contribution in [3.8, 4) is 0 Å². The van der Waals surface area contributed by atoms with Crippen LogP contribution in [0.15, 0.2) is 36.4 Å². The van der Waals surface area contributed by atoms with Crippen molar-refractivity contribution in [1.82, 2.24) is 0 Å². The molecule has 0 saturated heterocycles. The second kappa shape index (κ2) is 5.25. The van der Waals surface area contributed by atoms with E-state index in [1.165, 1.54) is 16.9 Å². The Hall–Kier alpha value is -1.45. The Morgan fingerprint density at radius 1 is 1.18 bits per heavy atom. The van der Waals surface area contributed by atoms with E-state index in [2.05, 4.69) is 0 Å². The molecule has 0 aliphatic carbocycles. The molecule has 0 amide bonds. The van der Waals surface area contributed by atoms with Gasteiger partial charge in [0.05, 0.1) is 4.88 Å². The van der Waals surface area contributed by atoms with Crippen molar-refractivity contribution in [2.45, 2.75) is 13.3 Å². The number of carbonyl (C=O) groups is 1. The first-order valence-electron chi connectivity index (χ1n) is 5.61. The third kappa shape index (κ3) is 2.81. The van der Waals surface area contributed by atoms with Gasteiger partial charge in [-0.05, 0) is 37.6 Å². The van der Waals surface area contributed by atoms with Crippen LogP contribution in [0.3, 0.4) is 0 Å². The van der Waals surface area contributed by atoms with E-state index >= 15 is 0 Å². The third-order valence-corrected chi connectivity index (χ3v) is 3.61. The highest BCUT2D eigenvalue weighted by Crippen LogP contribution is 2.19. The minimum atomic E-state index is 0.0994. The van der Waals surface area contributed by atoms with Crippen LogP contribution in [0.25, 0.3) is 0 Å². The summed E-state index contributed by atoms with van der Waals surface area (Å²) >= 11 is 1.54. The molecule has 2 nitrogen and oxygen atoms in total. The highest BCUT2D eigenvalue weighted by atomic mass is 32.1. The Morgan fingerprint density at radius 2 is 1.88 bits per heavy atom. The van der Waals surface area contributed by atoms with Crippen molar-refractivity contribution in [2.24, 2.45) is 5.73 Å². The Kier molecular flexibility index (Phi) is 3.71. The smallest absolute Gasteiger partial charge is 0.202 e. The van der Waals surface area contributed by atoms with E-state index in [1.54, 1.807) is 0 Å². The second-order valence-corrected chi connectivity index (χ2v) is 5.26. The summed E-state index contributed by atoms with van der Waals surface area (Å²) in [7, 11) is 0. The summed E-state index contributed by atoms with van der Waals surface area (Å²) in [6.45, 7) is 2.64. The molecule has 17 heavy (non-hydrogen) atoms. The molecule has 88 valence electrons. The molecule has 0 atom stereocenters. The Labute approximate surface area is 105 Å². The van der Waals surface area contributed by atoms with E-state index in [9.17, 15) is 4.79 Å². The summed E-state index contributed by atoms with van der Waals surface area (Å²) in [6.07, 6.45) is 0.854. The zero-order valence-corrected chi connectivity index (χ0v) is 10.6. The van der Waals surface area contributed by atoms with Gasteiger partial charge in [-0.3, -0.25) is 4.79 Å². The predicted octanol–water partition coefficient (Wildman–Crippen LogP) is 2.79. The number of carbonyl (C=O) groups excluding carboxylic acids is 1.